The van der Waals surface area contributed by atoms with Crippen molar-refractivity contribution in [3.63, 3.8) is 0 Å². The normalized spacial score (nSPS) is 25.6. The highest BCUT2D eigenvalue weighted by molar-refractivity contribution is 5.38. The molecule has 98 valence electrons. The van der Waals surface area contributed by atoms with Crippen molar-refractivity contribution in [2.24, 2.45) is 0 Å². The molecule has 2 fully saturated rings. The Labute approximate surface area is 107 Å². The Hall–Kier alpha value is -1.40. The highest BCUT2D eigenvalue weighted by Crippen LogP contribution is 2.20. The van der Waals surface area contributed by atoms with Crippen molar-refractivity contribution in [2.75, 3.05) is 50.0 Å². The highest BCUT2D eigenvalue weighted by Gasteiger charge is 2.29. The molecule has 0 spiro atoms. The lowest BCUT2D eigenvalue weighted by molar-refractivity contribution is 0.0209. The Morgan fingerprint density at radius 3 is 2.89 bits per heavy atom. The second-order valence-electron chi connectivity index (χ2n) is 4.82. The van der Waals surface area contributed by atoms with Crippen molar-refractivity contribution in [2.45, 2.75) is 12.5 Å². The molecule has 0 bridgehead atoms. The number of ether oxygens (including phenoxy) is 1. The Morgan fingerprint density at radius 1 is 1.28 bits per heavy atom. The number of hydrogen-bond donors (Lipinski definition) is 1. The van der Waals surface area contributed by atoms with Crippen molar-refractivity contribution >= 4 is 11.8 Å². The summed E-state index contributed by atoms with van der Waals surface area (Å²) in [6, 6.07) is 2.32. The molecule has 0 amide bonds. The van der Waals surface area contributed by atoms with Crippen molar-refractivity contribution in [1.29, 1.82) is 0 Å². The third-order valence-corrected chi connectivity index (χ3v) is 3.67. The van der Waals surface area contributed by atoms with Gasteiger partial charge >= 0.3 is 0 Å². The highest BCUT2D eigenvalue weighted by atomic mass is 16.5. The lowest BCUT2D eigenvalue weighted by Gasteiger charge is -2.32. The molecule has 1 atom stereocenters. The van der Waals surface area contributed by atoms with E-state index in [-0.39, 0.29) is 0 Å². The summed E-state index contributed by atoms with van der Waals surface area (Å²) in [6.45, 7) is 5.78. The van der Waals surface area contributed by atoms with Crippen LogP contribution in [0.3, 0.4) is 0 Å². The minimum absolute atomic E-state index is 0.537. The number of rotatable bonds is 2. The van der Waals surface area contributed by atoms with Crippen molar-refractivity contribution < 1.29 is 4.74 Å². The maximum absolute atomic E-state index is 5.70. The molecule has 0 radical (unpaired) electrons. The average molecular weight is 249 g/mol. The van der Waals surface area contributed by atoms with E-state index in [0.717, 1.165) is 51.8 Å². The van der Waals surface area contributed by atoms with Gasteiger partial charge in [0, 0.05) is 38.4 Å². The molecule has 1 unspecified atom stereocenters. The van der Waals surface area contributed by atoms with Crippen LogP contribution in [0.4, 0.5) is 11.8 Å². The summed E-state index contributed by atoms with van der Waals surface area (Å²) in [5, 5.41) is 0. The molecule has 0 aromatic carbocycles. The second kappa shape index (κ2) is 5.07. The predicted molar refractivity (Wildman–Crippen MR) is 69.5 cm³/mol. The predicted octanol–water partition coefficient (Wildman–Crippen LogP) is -0.0303. The van der Waals surface area contributed by atoms with E-state index in [1.54, 1.807) is 12.3 Å². The van der Waals surface area contributed by atoms with Crippen LogP contribution >= 0.6 is 0 Å². The van der Waals surface area contributed by atoms with Crippen molar-refractivity contribution in [1.82, 2.24) is 14.9 Å². The molecular formula is C12H19N5O. The smallest absolute Gasteiger partial charge is 0.227 e. The lowest BCUT2D eigenvalue weighted by Crippen LogP contribution is -2.44. The van der Waals surface area contributed by atoms with E-state index >= 15 is 0 Å². The first-order valence-corrected chi connectivity index (χ1v) is 6.48. The van der Waals surface area contributed by atoms with E-state index in [2.05, 4.69) is 19.8 Å². The molecule has 2 aliphatic rings. The molecular weight excluding hydrogens is 230 g/mol. The molecule has 3 rings (SSSR count). The Morgan fingerprint density at radius 2 is 2.11 bits per heavy atom. The van der Waals surface area contributed by atoms with E-state index in [1.165, 1.54) is 0 Å². The zero-order chi connectivity index (χ0) is 12.4. The monoisotopic (exact) mass is 249 g/mol. The summed E-state index contributed by atoms with van der Waals surface area (Å²) in [7, 11) is 0. The van der Waals surface area contributed by atoms with Crippen LogP contribution in [0, 0.1) is 0 Å². The first kappa shape index (κ1) is 11.7. The van der Waals surface area contributed by atoms with E-state index in [1.807, 2.05) is 0 Å². The number of aromatic nitrogens is 2. The minimum atomic E-state index is 0.537. The molecule has 18 heavy (non-hydrogen) atoms. The summed E-state index contributed by atoms with van der Waals surface area (Å²) in [5.41, 5.74) is 5.70. The van der Waals surface area contributed by atoms with Crippen LogP contribution in [-0.4, -0.2) is 60.3 Å². The van der Waals surface area contributed by atoms with Gasteiger partial charge in [-0.15, -0.1) is 0 Å². The van der Waals surface area contributed by atoms with Crippen LogP contribution in [-0.2, 0) is 4.74 Å². The minimum Gasteiger partial charge on any atom is -0.384 e. The molecule has 1 aromatic heterocycles. The maximum atomic E-state index is 5.70. The summed E-state index contributed by atoms with van der Waals surface area (Å²) < 4.78 is 5.39. The molecule has 3 heterocycles. The molecule has 2 N–H and O–H groups in total. The zero-order valence-corrected chi connectivity index (χ0v) is 10.5. The number of anilines is 2. The fourth-order valence-electron chi connectivity index (χ4n) is 2.68. The second-order valence-corrected chi connectivity index (χ2v) is 4.82. The van der Waals surface area contributed by atoms with Gasteiger partial charge in [0.1, 0.15) is 5.82 Å². The van der Waals surface area contributed by atoms with Crippen LogP contribution in [0.15, 0.2) is 12.3 Å². The number of morpholine rings is 1. The molecule has 2 aliphatic heterocycles. The topological polar surface area (TPSA) is 67.5 Å². The van der Waals surface area contributed by atoms with Crippen LogP contribution < -0.4 is 10.6 Å². The third-order valence-electron chi connectivity index (χ3n) is 3.67. The summed E-state index contributed by atoms with van der Waals surface area (Å²) >= 11 is 0. The Balaban J connectivity index is 1.64. The number of nitrogens with zero attached hydrogens (tertiary/aromatic N) is 4. The van der Waals surface area contributed by atoms with Gasteiger partial charge in [0.15, 0.2) is 0 Å². The summed E-state index contributed by atoms with van der Waals surface area (Å²) in [6.07, 6.45) is 2.89. The fraction of sp³-hybridized carbons (Fsp3) is 0.667. The zero-order valence-electron chi connectivity index (χ0n) is 10.5. The number of nitrogen functional groups attached to an aromatic ring is 1. The van der Waals surface area contributed by atoms with Gasteiger partial charge in [0.2, 0.25) is 5.95 Å². The summed E-state index contributed by atoms with van der Waals surface area (Å²) in [5.74, 6) is 1.29. The quantitative estimate of drug-likeness (QED) is 0.794. The summed E-state index contributed by atoms with van der Waals surface area (Å²) in [4.78, 5) is 13.3. The molecule has 6 heteroatoms. The first-order valence-electron chi connectivity index (χ1n) is 6.48. The fourth-order valence-corrected chi connectivity index (χ4v) is 2.68. The van der Waals surface area contributed by atoms with Gasteiger partial charge in [-0.25, -0.2) is 4.98 Å². The van der Waals surface area contributed by atoms with Gasteiger partial charge in [-0.05, 0) is 12.5 Å². The van der Waals surface area contributed by atoms with Crippen LogP contribution in [0.5, 0.6) is 0 Å². The molecule has 2 saturated heterocycles. The molecule has 0 saturated carbocycles. The Kier molecular flexibility index (Phi) is 3.29. The van der Waals surface area contributed by atoms with Gasteiger partial charge < -0.3 is 15.4 Å². The SMILES string of the molecule is Nc1ccnc(N2CCC(N3CCOCC3)C2)n1. The van der Waals surface area contributed by atoms with E-state index < -0.39 is 0 Å². The van der Waals surface area contributed by atoms with Gasteiger partial charge in [-0.2, -0.15) is 4.98 Å². The van der Waals surface area contributed by atoms with Crippen molar-refractivity contribution in [3.8, 4) is 0 Å². The standard InChI is InChI=1S/C12H19N5O/c13-11-1-3-14-12(15-11)17-4-2-10(9-17)16-5-7-18-8-6-16/h1,3,10H,2,4-9H2,(H2,13,14,15). The molecule has 6 nitrogen and oxygen atoms in total. The number of nitrogens with two attached hydrogens (primary N) is 1. The average Bonchev–Trinajstić information content (AvgIpc) is 2.89. The van der Waals surface area contributed by atoms with Crippen LogP contribution in [0.1, 0.15) is 6.42 Å². The third kappa shape index (κ3) is 2.39. The number of hydrogen-bond acceptors (Lipinski definition) is 6. The van der Waals surface area contributed by atoms with Crippen LogP contribution in [0.25, 0.3) is 0 Å². The van der Waals surface area contributed by atoms with Gasteiger partial charge in [-0.1, -0.05) is 0 Å². The Bertz CT molecular complexity index is 407. The lowest BCUT2D eigenvalue weighted by atomic mass is 10.2. The first-order chi connectivity index (χ1) is 8.83. The molecule has 0 aliphatic carbocycles. The van der Waals surface area contributed by atoms with Gasteiger partial charge in [-0.3, -0.25) is 4.90 Å². The van der Waals surface area contributed by atoms with Crippen LogP contribution in [0.2, 0.25) is 0 Å². The van der Waals surface area contributed by atoms with Gasteiger partial charge in [0.05, 0.1) is 13.2 Å². The van der Waals surface area contributed by atoms with Gasteiger partial charge in [0.25, 0.3) is 0 Å². The largest absolute Gasteiger partial charge is 0.384 e. The van der Waals surface area contributed by atoms with Crippen molar-refractivity contribution in [3.05, 3.63) is 12.3 Å². The van der Waals surface area contributed by atoms with E-state index in [0.29, 0.717) is 11.9 Å². The van der Waals surface area contributed by atoms with E-state index in [4.69, 9.17) is 10.5 Å². The molecule has 1 aromatic rings. The maximum Gasteiger partial charge on any atom is 0.227 e. The van der Waals surface area contributed by atoms with E-state index in [9.17, 15) is 0 Å².